The van der Waals surface area contributed by atoms with Crippen LogP contribution in [0.1, 0.15) is 29.8 Å². The van der Waals surface area contributed by atoms with Gasteiger partial charge in [-0.2, -0.15) is 13.2 Å². The van der Waals surface area contributed by atoms with Crippen LogP contribution >= 0.6 is 23.4 Å². The Labute approximate surface area is 184 Å². The Morgan fingerprint density at radius 2 is 1.94 bits per heavy atom. The van der Waals surface area contributed by atoms with E-state index in [1.807, 2.05) is 0 Å². The molecule has 1 heterocycles. The first-order valence-electron chi connectivity index (χ1n) is 8.96. The van der Waals surface area contributed by atoms with Gasteiger partial charge in [-0.3, -0.25) is 9.59 Å². The lowest BCUT2D eigenvalue weighted by atomic mass is 10.2. The summed E-state index contributed by atoms with van der Waals surface area (Å²) in [6.45, 7) is 3.02. The fraction of sp³-hybridized carbons (Fsp3) is 0.250. The van der Waals surface area contributed by atoms with Crippen molar-refractivity contribution in [3.05, 3.63) is 52.5 Å². The van der Waals surface area contributed by atoms with E-state index in [2.05, 4.69) is 10.6 Å². The lowest BCUT2D eigenvalue weighted by molar-refractivity contribution is -0.137. The average Bonchev–Trinajstić information content (AvgIpc) is 2.69. The standard InChI is InChI=1S/C20H16ClF3N2O4S/c1-9(17(27)25-14-8-12(20(22,23)24)4-5-13(14)21)30-19(29)11-3-6-16-15(7-11)26-18(28)10(2)31-16/h3-10H,1-2H3,(H,25,27)(H,26,28)/t9-,10+/m1/s1. The van der Waals surface area contributed by atoms with Gasteiger partial charge >= 0.3 is 12.1 Å². The van der Waals surface area contributed by atoms with Gasteiger partial charge in [-0.1, -0.05) is 11.6 Å². The molecule has 0 fully saturated rings. The molecule has 2 N–H and O–H groups in total. The number of fused-ring (bicyclic) bond motifs is 1. The van der Waals surface area contributed by atoms with Gasteiger partial charge in [-0.05, 0) is 50.2 Å². The SMILES string of the molecule is C[C@@H]1Sc2ccc(C(=O)O[C@H](C)C(=O)Nc3cc(C(F)(F)F)ccc3Cl)cc2NC1=O. The fourth-order valence-corrected chi connectivity index (χ4v) is 3.74. The van der Waals surface area contributed by atoms with E-state index >= 15 is 0 Å². The molecule has 6 nitrogen and oxygen atoms in total. The maximum Gasteiger partial charge on any atom is 0.416 e. The van der Waals surface area contributed by atoms with Crippen LogP contribution in [0.2, 0.25) is 5.02 Å². The lowest BCUT2D eigenvalue weighted by Gasteiger charge is -2.22. The van der Waals surface area contributed by atoms with E-state index in [0.29, 0.717) is 11.8 Å². The van der Waals surface area contributed by atoms with Gasteiger partial charge in [0.05, 0.1) is 32.8 Å². The summed E-state index contributed by atoms with van der Waals surface area (Å²) in [4.78, 5) is 37.3. The molecule has 2 atom stereocenters. The molecule has 2 aromatic carbocycles. The molecule has 0 bridgehead atoms. The van der Waals surface area contributed by atoms with E-state index in [1.54, 1.807) is 13.0 Å². The molecule has 0 spiro atoms. The molecule has 1 aliphatic rings. The number of hydrogen-bond acceptors (Lipinski definition) is 5. The second-order valence-corrected chi connectivity index (χ2v) is 8.48. The Bertz CT molecular complexity index is 1060. The van der Waals surface area contributed by atoms with Crippen LogP contribution < -0.4 is 10.6 Å². The number of nitrogens with one attached hydrogen (secondary N) is 2. The number of halogens is 4. The zero-order chi connectivity index (χ0) is 22.9. The van der Waals surface area contributed by atoms with E-state index in [9.17, 15) is 27.6 Å². The van der Waals surface area contributed by atoms with Crippen molar-refractivity contribution in [2.45, 2.75) is 36.3 Å². The highest BCUT2D eigenvalue weighted by Crippen LogP contribution is 2.36. The molecule has 2 aromatic rings. The number of carbonyl (C=O) groups is 3. The fourth-order valence-electron chi connectivity index (χ4n) is 2.65. The molecule has 11 heteroatoms. The molecule has 0 saturated carbocycles. The van der Waals surface area contributed by atoms with Crippen molar-refractivity contribution in [3.63, 3.8) is 0 Å². The topological polar surface area (TPSA) is 84.5 Å². The number of alkyl halides is 3. The van der Waals surface area contributed by atoms with E-state index in [-0.39, 0.29) is 27.4 Å². The van der Waals surface area contributed by atoms with Gasteiger partial charge in [0.1, 0.15) is 0 Å². The zero-order valence-corrected chi connectivity index (χ0v) is 17.7. The number of hydrogen-bond donors (Lipinski definition) is 2. The highest BCUT2D eigenvalue weighted by atomic mass is 35.5. The Balaban J connectivity index is 1.69. The number of carbonyl (C=O) groups excluding carboxylic acids is 3. The number of rotatable bonds is 4. The third-order valence-corrected chi connectivity index (χ3v) is 5.86. The first-order valence-corrected chi connectivity index (χ1v) is 10.2. The van der Waals surface area contributed by atoms with Gasteiger partial charge in [-0.25, -0.2) is 4.79 Å². The van der Waals surface area contributed by atoms with Crippen molar-refractivity contribution in [1.82, 2.24) is 0 Å². The number of thioether (sulfide) groups is 1. The maximum atomic E-state index is 12.9. The summed E-state index contributed by atoms with van der Waals surface area (Å²) in [7, 11) is 0. The summed E-state index contributed by atoms with van der Waals surface area (Å²) in [5.41, 5.74) is -0.687. The van der Waals surface area contributed by atoms with Crippen LogP contribution in [0.4, 0.5) is 24.5 Å². The Kier molecular flexibility index (Phi) is 6.51. The molecule has 164 valence electrons. The molecular formula is C20H16ClF3N2O4S. The smallest absolute Gasteiger partial charge is 0.416 e. The summed E-state index contributed by atoms with van der Waals surface area (Å²) >= 11 is 7.20. The van der Waals surface area contributed by atoms with Crippen molar-refractivity contribution < 1.29 is 32.3 Å². The number of ether oxygens (including phenoxy) is 1. The summed E-state index contributed by atoms with van der Waals surface area (Å²) in [6.07, 6.45) is -5.93. The molecule has 0 saturated heterocycles. The van der Waals surface area contributed by atoms with Gasteiger partial charge in [0.2, 0.25) is 5.91 Å². The van der Waals surface area contributed by atoms with Gasteiger partial charge in [0.25, 0.3) is 5.91 Å². The van der Waals surface area contributed by atoms with Crippen LogP contribution in [-0.4, -0.2) is 29.1 Å². The predicted molar refractivity (Wildman–Crippen MR) is 110 cm³/mol. The van der Waals surface area contributed by atoms with Crippen LogP contribution in [-0.2, 0) is 20.5 Å². The lowest BCUT2D eigenvalue weighted by Crippen LogP contribution is -2.30. The first-order chi connectivity index (χ1) is 14.5. The highest BCUT2D eigenvalue weighted by Gasteiger charge is 2.31. The van der Waals surface area contributed by atoms with Crippen molar-refractivity contribution in [3.8, 4) is 0 Å². The van der Waals surface area contributed by atoms with E-state index in [1.165, 1.54) is 30.8 Å². The largest absolute Gasteiger partial charge is 0.449 e. The molecule has 0 aromatic heterocycles. The molecule has 0 unspecified atom stereocenters. The Hall–Kier alpha value is -2.72. The van der Waals surface area contributed by atoms with Crippen molar-refractivity contribution in [1.29, 1.82) is 0 Å². The van der Waals surface area contributed by atoms with Crippen molar-refractivity contribution in [2.24, 2.45) is 0 Å². The van der Waals surface area contributed by atoms with Crippen LogP contribution in [0.5, 0.6) is 0 Å². The minimum atomic E-state index is -4.61. The number of benzene rings is 2. The number of esters is 1. The molecular weight excluding hydrogens is 457 g/mol. The molecule has 2 amide bonds. The van der Waals surface area contributed by atoms with Crippen molar-refractivity contribution >= 4 is 52.5 Å². The average molecular weight is 473 g/mol. The van der Waals surface area contributed by atoms with Gasteiger partial charge in [-0.15, -0.1) is 11.8 Å². The Morgan fingerprint density at radius 1 is 1.23 bits per heavy atom. The zero-order valence-electron chi connectivity index (χ0n) is 16.2. The minimum Gasteiger partial charge on any atom is -0.449 e. The summed E-state index contributed by atoms with van der Waals surface area (Å²) in [6, 6.07) is 7.07. The molecule has 0 radical (unpaired) electrons. The van der Waals surface area contributed by atoms with Gasteiger partial charge in [0.15, 0.2) is 6.10 Å². The normalized spacial score (nSPS) is 16.7. The third kappa shape index (κ3) is 5.31. The van der Waals surface area contributed by atoms with Gasteiger partial charge < -0.3 is 15.4 Å². The van der Waals surface area contributed by atoms with Crippen LogP contribution in [0.3, 0.4) is 0 Å². The van der Waals surface area contributed by atoms with E-state index in [0.717, 1.165) is 17.0 Å². The second-order valence-electron chi connectivity index (χ2n) is 6.69. The molecule has 1 aliphatic heterocycles. The molecule has 0 aliphatic carbocycles. The summed E-state index contributed by atoms with van der Waals surface area (Å²) in [5, 5.41) is 4.55. The Morgan fingerprint density at radius 3 is 2.61 bits per heavy atom. The number of anilines is 2. The predicted octanol–water partition coefficient (Wildman–Crippen LogP) is 4.98. The maximum absolute atomic E-state index is 12.9. The summed E-state index contributed by atoms with van der Waals surface area (Å²) in [5.74, 6) is -1.89. The van der Waals surface area contributed by atoms with Crippen LogP contribution in [0.25, 0.3) is 0 Å². The quantitative estimate of drug-likeness (QED) is 0.613. The molecule has 3 rings (SSSR count). The summed E-state index contributed by atoms with van der Waals surface area (Å²) < 4.78 is 43.7. The third-order valence-electron chi connectivity index (χ3n) is 4.35. The minimum absolute atomic E-state index is 0.1000. The number of amides is 2. The first kappa shape index (κ1) is 23.0. The monoisotopic (exact) mass is 472 g/mol. The second kappa shape index (κ2) is 8.80. The van der Waals surface area contributed by atoms with Crippen molar-refractivity contribution in [2.75, 3.05) is 10.6 Å². The van der Waals surface area contributed by atoms with Gasteiger partial charge in [0, 0.05) is 4.90 Å². The van der Waals surface area contributed by atoms with E-state index in [4.69, 9.17) is 16.3 Å². The van der Waals surface area contributed by atoms with Crippen LogP contribution in [0.15, 0.2) is 41.3 Å². The van der Waals surface area contributed by atoms with E-state index < -0.39 is 29.7 Å². The van der Waals surface area contributed by atoms with Crippen LogP contribution in [0, 0.1) is 0 Å². The highest BCUT2D eigenvalue weighted by molar-refractivity contribution is 8.00. The molecule has 31 heavy (non-hydrogen) atoms.